The number of hydrogen-bond acceptors (Lipinski definition) is 4. The van der Waals surface area contributed by atoms with Crippen LogP contribution in [0.25, 0.3) is 0 Å². The van der Waals surface area contributed by atoms with Crippen LogP contribution < -0.4 is 4.74 Å². The van der Waals surface area contributed by atoms with Crippen molar-refractivity contribution in [2.75, 3.05) is 6.61 Å². The van der Waals surface area contributed by atoms with Gasteiger partial charge in [-0.1, -0.05) is 12.7 Å². The second-order valence-corrected chi connectivity index (χ2v) is 5.21. The van der Waals surface area contributed by atoms with Crippen molar-refractivity contribution in [1.82, 2.24) is 14.9 Å². The summed E-state index contributed by atoms with van der Waals surface area (Å²) in [5, 5.41) is 11.5. The van der Waals surface area contributed by atoms with Crippen molar-refractivity contribution in [3.8, 4) is 5.75 Å². The smallest absolute Gasteiger partial charge is 0.148 e. The van der Waals surface area contributed by atoms with Crippen LogP contribution in [0, 0.1) is 0 Å². The average molecular weight is 386 g/mol. The molecule has 0 saturated heterocycles. The summed E-state index contributed by atoms with van der Waals surface area (Å²) in [6.07, 6.45) is 6.43. The van der Waals surface area contributed by atoms with Gasteiger partial charge in [-0.25, -0.2) is 4.68 Å². The largest absolute Gasteiger partial charge is 0.487 e. The Morgan fingerprint density at radius 3 is 2.47 bits per heavy atom. The fraction of sp³-hybridized carbons (Fsp3) is 0.0833. The van der Waals surface area contributed by atoms with Gasteiger partial charge in [0.05, 0.1) is 15.2 Å². The summed E-state index contributed by atoms with van der Waals surface area (Å²) in [4.78, 5) is 0. The van der Waals surface area contributed by atoms with Crippen molar-refractivity contribution in [3.05, 3.63) is 52.0 Å². The molecule has 0 aliphatic heterocycles. The number of halogens is 2. The van der Waals surface area contributed by atoms with E-state index in [1.165, 1.54) is 17.3 Å². The molecule has 0 atom stereocenters. The highest BCUT2D eigenvalue weighted by Crippen LogP contribution is 2.34. The lowest BCUT2D eigenvalue weighted by molar-refractivity contribution is 0.358. The molecule has 2 rings (SSSR count). The van der Waals surface area contributed by atoms with Gasteiger partial charge in [-0.05, 0) is 49.6 Å². The Hall–Kier alpha value is -1.47. The minimum atomic E-state index is 0.450. The molecular weight excluding hydrogens is 376 g/mol. The molecule has 19 heavy (non-hydrogen) atoms. The van der Waals surface area contributed by atoms with E-state index in [0.717, 1.165) is 20.3 Å². The summed E-state index contributed by atoms with van der Waals surface area (Å²) < 4.78 is 8.74. The molecule has 98 valence electrons. The summed E-state index contributed by atoms with van der Waals surface area (Å²) in [6.45, 7) is 4.07. The molecule has 0 radical (unpaired) electrons. The first-order chi connectivity index (χ1) is 9.20. The molecule has 0 aliphatic rings. The Bertz CT molecular complexity index is 573. The number of aromatic nitrogens is 3. The number of nitrogens with zero attached hydrogens (tertiary/aromatic N) is 4. The zero-order valence-corrected chi connectivity index (χ0v) is 13.0. The first kappa shape index (κ1) is 14.0. The van der Waals surface area contributed by atoms with Crippen molar-refractivity contribution in [2.45, 2.75) is 0 Å². The van der Waals surface area contributed by atoms with E-state index >= 15 is 0 Å². The van der Waals surface area contributed by atoms with E-state index in [1.807, 2.05) is 12.1 Å². The van der Waals surface area contributed by atoms with Gasteiger partial charge in [0, 0.05) is 0 Å². The molecule has 0 fully saturated rings. The highest BCUT2D eigenvalue weighted by molar-refractivity contribution is 9.11. The normalized spacial score (nSPS) is 10.8. The Morgan fingerprint density at radius 2 is 1.89 bits per heavy atom. The van der Waals surface area contributed by atoms with Gasteiger partial charge in [0.15, 0.2) is 0 Å². The number of rotatable bonds is 5. The standard InChI is InChI=1S/C12H10Br2N4O/c1-2-3-19-12-10(13)4-9(5-11(12)14)6-17-18-7-15-16-8-18/h2,4-8H,1,3H2/b17-6-. The van der Waals surface area contributed by atoms with Crippen LogP contribution in [0.5, 0.6) is 5.75 Å². The third kappa shape index (κ3) is 3.74. The summed E-state index contributed by atoms with van der Waals surface area (Å²) in [5.41, 5.74) is 0.915. The second-order valence-electron chi connectivity index (χ2n) is 3.50. The van der Waals surface area contributed by atoms with Crippen molar-refractivity contribution in [1.29, 1.82) is 0 Å². The molecule has 0 spiro atoms. The van der Waals surface area contributed by atoms with E-state index < -0.39 is 0 Å². The van der Waals surface area contributed by atoms with Crippen LogP contribution in [-0.2, 0) is 0 Å². The maximum absolute atomic E-state index is 5.54. The van der Waals surface area contributed by atoms with Gasteiger partial charge >= 0.3 is 0 Å². The molecular formula is C12H10Br2N4O. The van der Waals surface area contributed by atoms with Gasteiger partial charge in [0.1, 0.15) is 25.0 Å². The Balaban J connectivity index is 2.22. The van der Waals surface area contributed by atoms with Crippen LogP contribution in [0.15, 0.2) is 51.5 Å². The summed E-state index contributed by atoms with van der Waals surface area (Å²) in [5.74, 6) is 0.737. The van der Waals surface area contributed by atoms with Crippen LogP contribution in [-0.4, -0.2) is 27.7 Å². The van der Waals surface area contributed by atoms with Crippen LogP contribution in [0.2, 0.25) is 0 Å². The van der Waals surface area contributed by atoms with Crippen molar-refractivity contribution in [2.24, 2.45) is 5.10 Å². The second kappa shape index (κ2) is 6.63. The van der Waals surface area contributed by atoms with Gasteiger partial charge in [0.25, 0.3) is 0 Å². The van der Waals surface area contributed by atoms with Gasteiger partial charge in [-0.3, -0.25) is 0 Å². The Labute approximate surface area is 127 Å². The molecule has 0 saturated carbocycles. The monoisotopic (exact) mass is 384 g/mol. The molecule has 5 nitrogen and oxygen atoms in total. The third-order valence-corrected chi connectivity index (χ3v) is 3.29. The SMILES string of the molecule is C=CCOc1c(Br)cc(/C=N\n2cnnc2)cc1Br. The highest BCUT2D eigenvalue weighted by Gasteiger charge is 2.07. The molecule has 7 heteroatoms. The van der Waals surface area contributed by atoms with Gasteiger partial charge in [0.2, 0.25) is 0 Å². The number of benzene rings is 1. The fourth-order valence-corrected chi connectivity index (χ4v) is 2.77. The zero-order chi connectivity index (χ0) is 13.7. The summed E-state index contributed by atoms with van der Waals surface area (Å²) >= 11 is 6.93. The lowest BCUT2D eigenvalue weighted by atomic mass is 10.2. The quantitative estimate of drug-likeness (QED) is 0.586. The van der Waals surface area contributed by atoms with Crippen LogP contribution in [0.4, 0.5) is 0 Å². The number of hydrogen-bond donors (Lipinski definition) is 0. The lowest BCUT2D eigenvalue weighted by Gasteiger charge is -2.09. The molecule has 1 aromatic carbocycles. The van der Waals surface area contributed by atoms with E-state index in [1.54, 1.807) is 12.3 Å². The van der Waals surface area contributed by atoms with E-state index in [0.29, 0.717) is 6.61 Å². The van der Waals surface area contributed by atoms with Crippen LogP contribution in [0.3, 0.4) is 0 Å². The molecule has 0 amide bonds. The molecule has 2 aromatic rings. The Morgan fingerprint density at radius 1 is 1.26 bits per heavy atom. The predicted molar refractivity (Wildman–Crippen MR) is 80.5 cm³/mol. The van der Waals surface area contributed by atoms with Crippen molar-refractivity contribution in [3.63, 3.8) is 0 Å². The summed E-state index contributed by atoms with van der Waals surface area (Å²) in [6, 6.07) is 3.83. The average Bonchev–Trinajstić information content (AvgIpc) is 2.88. The van der Waals surface area contributed by atoms with E-state index in [2.05, 4.69) is 53.7 Å². The minimum absolute atomic E-state index is 0.450. The van der Waals surface area contributed by atoms with E-state index in [9.17, 15) is 0 Å². The molecule has 0 aliphatic carbocycles. The fourth-order valence-electron chi connectivity index (χ4n) is 1.32. The van der Waals surface area contributed by atoms with Crippen molar-refractivity contribution >= 4 is 38.1 Å². The van der Waals surface area contributed by atoms with Gasteiger partial charge < -0.3 is 4.74 Å². The van der Waals surface area contributed by atoms with Crippen LogP contribution in [0.1, 0.15) is 5.56 Å². The van der Waals surface area contributed by atoms with E-state index in [4.69, 9.17) is 4.74 Å². The minimum Gasteiger partial charge on any atom is -0.487 e. The highest BCUT2D eigenvalue weighted by atomic mass is 79.9. The molecule has 0 bridgehead atoms. The van der Waals surface area contributed by atoms with Crippen LogP contribution >= 0.6 is 31.9 Å². The Kier molecular flexibility index (Phi) is 4.86. The van der Waals surface area contributed by atoms with Crippen molar-refractivity contribution < 1.29 is 4.74 Å². The zero-order valence-electron chi connectivity index (χ0n) is 9.83. The summed E-state index contributed by atoms with van der Waals surface area (Å²) in [7, 11) is 0. The topological polar surface area (TPSA) is 52.3 Å². The first-order valence-electron chi connectivity index (χ1n) is 5.32. The first-order valence-corrected chi connectivity index (χ1v) is 6.91. The molecule has 0 unspecified atom stereocenters. The molecule has 0 N–H and O–H groups in total. The van der Waals surface area contributed by atoms with E-state index in [-0.39, 0.29) is 0 Å². The molecule has 1 heterocycles. The lowest BCUT2D eigenvalue weighted by Crippen LogP contribution is -1.96. The third-order valence-electron chi connectivity index (χ3n) is 2.11. The maximum Gasteiger partial charge on any atom is 0.148 e. The predicted octanol–water partition coefficient (Wildman–Crippen LogP) is 3.25. The molecule has 1 aromatic heterocycles. The van der Waals surface area contributed by atoms with Gasteiger partial charge in [-0.15, -0.1) is 10.2 Å². The number of ether oxygens (including phenoxy) is 1. The van der Waals surface area contributed by atoms with Gasteiger partial charge in [-0.2, -0.15) is 5.10 Å². The maximum atomic E-state index is 5.54.